The molecule has 62 heavy (non-hydrogen) atoms. The molecule has 0 bridgehead atoms. The molecule has 1 unspecified atom stereocenters. The summed E-state index contributed by atoms with van der Waals surface area (Å²) in [6, 6.07) is 37.0. The molecule has 5 aliphatic rings. The Morgan fingerprint density at radius 1 is 0.452 bits per heavy atom. The minimum Gasteiger partial charge on any atom is -0.492 e. The topological polar surface area (TPSA) is 46.2 Å². The number of benzene rings is 6. The lowest BCUT2D eigenvalue weighted by Crippen LogP contribution is -2.35. The minimum absolute atomic E-state index is 0.119. The van der Waals surface area contributed by atoms with Crippen molar-refractivity contribution in [2.75, 3.05) is 19.8 Å². The summed E-state index contributed by atoms with van der Waals surface area (Å²) < 4.78 is 33.9. The monoisotopic (exact) mass is 858 g/mol. The molecule has 316 valence electrons. The van der Waals surface area contributed by atoms with Gasteiger partial charge in [0.2, 0.25) is 0 Å². The van der Waals surface area contributed by atoms with Crippen molar-refractivity contribution in [2.45, 2.75) is 104 Å². The summed E-state index contributed by atoms with van der Waals surface area (Å²) in [6.45, 7) is 22.2. The fourth-order valence-corrected chi connectivity index (χ4v) is 15.6. The summed E-state index contributed by atoms with van der Waals surface area (Å²) in [5.41, 5.74) is 10.8. The highest BCUT2D eigenvalue weighted by Crippen LogP contribution is 2.56. The molecule has 0 radical (unpaired) electrons. The molecule has 5 aliphatic heterocycles. The standard InChI is InChI=1S/C55H56O5P2/c1-53(2,3)37-27-40-51(46(29-37)61(42-17-12-16-36-31-56-32-39(36)42)43-18-9-13-33-21-24-57-48(33)43)60-52-41(55(40,7)8)28-38(54(4,5)6)30-47(52)62(44-19-10-14-34-22-25-58-49(34)44)45-20-11-15-35-23-26-59-50(35)45/h9-20,27-30H,21-26,31-32H2,1-8H3. The third-order valence-electron chi connectivity index (χ3n) is 13.7. The highest BCUT2D eigenvalue weighted by molar-refractivity contribution is 7.80. The largest absolute Gasteiger partial charge is 0.492 e. The SMILES string of the molecule is CC(C)(C)c1cc(P(c2cccc3c2COC3)c2cccc3c2OCC3)c2c(c1)C(C)(C)c1cc(C(C)(C)C)cc(P(c3cccc4c3OCC4)c3cccc4c3OCC4)c1O2. The molecular formula is C55H56O5P2. The van der Waals surface area contributed by atoms with Crippen LogP contribution in [0.3, 0.4) is 0 Å². The van der Waals surface area contributed by atoms with Gasteiger partial charge in [-0.05, 0) is 83.1 Å². The number of ether oxygens (including phenoxy) is 5. The van der Waals surface area contributed by atoms with E-state index in [4.69, 9.17) is 23.7 Å². The van der Waals surface area contributed by atoms with Crippen LogP contribution in [0.4, 0.5) is 0 Å². The van der Waals surface area contributed by atoms with Gasteiger partial charge in [-0.1, -0.05) is 140 Å². The molecule has 0 N–H and O–H groups in total. The second-order valence-corrected chi connectivity index (χ2v) is 24.4. The van der Waals surface area contributed by atoms with Gasteiger partial charge in [0.1, 0.15) is 28.7 Å². The molecule has 6 aromatic rings. The van der Waals surface area contributed by atoms with Crippen molar-refractivity contribution in [3.63, 3.8) is 0 Å². The molecule has 11 rings (SSSR count). The molecule has 0 aromatic heterocycles. The van der Waals surface area contributed by atoms with Gasteiger partial charge in [0.05, 0.1) is 33.0 Å². The van der Waals surface area contributed by atoms with Gasteiger partial charge >= 0.3 is 0 Å². The molecule has 0 fully saturated rings. The molecule has 7 heteroatoms. The normalized spacial score (nSPS) is 17.2. The summed E-state index contributed by atoms with van der Waals surface area (Å²) in [5.74, 6) is 5.02. The van der Waals surface area contributed by atoms with Crippen LogP contribution in [0.25, 0.3) is 0 Å². The molecule has 0 spiro atoms. The van der Waals surface area contributed by atoms with E-state index in [9.17, 15) is 0 Å². The third kappa shape index (κ3) is 6.44. The van der Waals surface area contributed by atoms with E-state index in [1.54, 1.807) is 0 Å². The maximum absolute atomic E-state index is 7.91. The van der Waals surface area contributed by atoms with Crippen LogP contribution in [0.1, 0.15) is 105 Å². The molecule has 0 saturated heterocycles. The Balaban J connectivity index is 1.23. The van der Waals surface area contributed by atoms with Crippen LogP contribution in [-0.2, 0) is 53.5 Å². The van der Waals surface area contributed by atoms with Crippen LogP contribution in [-0.4, -0.2) is 19.8 Å². The van der Waals surface area contributed by atoms with Crippen LogP contribution in [0.2, 0.25) is 0 Å². The first kappa shape index (κ1) is 40.1. The second kappa shape index (κ2) is 14.7. The number of hydrogen-bond donors (Lipinski definition) is 0. The van der Waals surface area contributed by atoms with Gasteiger partial charge in [-0.3, -0.25) is 0 Å². The fourth-order valence-electron chi connectivity index (χ4n) is 10.1. The average molecular weight is 859 g/mol. The van der Waals surface area contributed by atoms with E-state index in [1.165, 1.54) is 81.9 Å². The van der Waals surface area contributed by atoms with Gasteiger partial charge in [0.25, 0.3) is 0 Å². The first-order chi connectivity index (χ1) is 29.8. The zero-order valence-electron chi connectivity index (χ0n) is 37.3. The van der Waals surface area contributed by atoms with Crippen molar-refractivity contribution in [1.29, 1.82) is 0 Å². The average Bonchev–Trinajstić information content (AvgIpc) is 4.08. The van der Waals surface area contributed by atoms with E-state index in [0.29, 0.717) is 33.0 Å². The lowest BCUT2D eigenvalue weighted by Gasteiger charge is -2.41. The van der Waals surface area contributed by atoms with Crippen molar-refractivity contribution < 1.29 is 23.7 Å². The Morgan fingerprint density at radius 3 is 1.29 bits per heavy atom. The molecular weight excluding hydrogens is 803 g/mol. The smallest absolute Gasteiger partial charge is 0.139 e. The molecule has 0 saturated carbocycles. The minimum atomic E-state index is -1.21. The van der Waals surface area contributed by atoms with Crippen molar-refractivity contribution in [3.05, 3.63) is 147 Å². The number of hydrogen-bond acceptors (Lipinski definition) is 5. The van der Waals surface area contributed by atoms with Gasteiger partial charge in [0, 0.05) is 62.3 Å². The summed E-state index contributed by atoms with van der Waals surface area (Å²) in [4.78, 5) is 0. The molecule has 5 nitrogen and oxygen atoms in total. The molecule has 1 atom stereocenters. The summed E-state index contributed by atoms with van der Waals surface area (Å²) in [7, 11) is -2.38. The molecule has 6 aromatic carbocycles. The van der Waals surface area contributed by atoms with Gasteiger partial charge in [0.15, 0.2) is 0 Å². The number of fused-ring (bicyclic) bond motifs is 6. The fraction of sp³-hybridized carbons (Fsp3) is 0.345. The second-order valence-electron chi connectivity index (χ2n) is 20.1. The highest BCUT2D eigenvalue weighted by atomic mass is 31.1. The van der Waals surface area contributed by atoms with Crippen LogP contribution < -0.4 is 50.8 Å². The lowest BCUT2D eigenvalue weighted by molar-refractivity contribution is 0.135. The van der Waals surface area contributed by atoms with Crippen LogP contribution in [0, 0.1) is 0 Å². The Bertz CT molecular complexity index is 2500. The Kier molecular flexibility index (Phi) is 9.52. The van der Waals surface area contributed by atoms with E-state index in [2.05, 4.69) is 152 Å². The maximum Gasteiger partial charge on any atom is 0.139 e. The maximum atomic E-state index is 7.91. The third-order valence-corrected chi connectivity index (χ3v) is 18.7. The van der Waals surface area contributed by atoms with Crippen molar-refractivity contribution >= 4 is 47.7 Å². The molecule has 5 heterocycles. The van der Waals surface area contributed by atoms with Gasteiger partial charge < -0.3 is 23.7 Å². The summed E-state index contributed by atoms with van der Waals surface area (Å²) in [6.07, 6.45) is 2.75. The Morgan fingerprint density at radius 2 is 0.855 bits per heavy atom. The van der Waals surface area contributed by atoms with Crippen molar-refractivity contribution in [3.8, 4) is 28.7 Å². The Labute approximate surface area is 369 Å². The predicted octanol–water partition coefficient (Wildman–Crippen LogP) is 10.1. The summed E-state index contributed by atoms with van der Waals surface area (Å²) >= 11 is 0. The lowest BCUT2D eigenvalue weighted by atomic mass is 9.72. The first-order valence-corrected chi connectivity index (χ1v) is 25.0. The predicted molar refractivity (Wildman–Crippen MR) is 256 cm³/mol. The van der Waals surface area contributed by atoms with Gasteiger partial charge in [-0.2, -0.15) is 0 Å². The van der Waals surface area contributed by atoms with Crippen LogP contribution in [0.5, 0.6) is 28.7 Å². The Hall–Kier alpha value is -4.66. The van der Waals surface area contributed by atoms with Crippen molar-refractivity contribution in [2.24, 2.45) is 0 Å². The van der Waals surface area contributed by atoms with E-state index < -0.39 is 21.3 Å². The number of rotatable bonds is 6. The van der Waals surface area contributed by atoms with E-state index in [0.717, 1.165) is 48.0 Å². The van der Waals surface area contributed by atoms with Gasteiger partial charge in [-0.15, -0.1) is 0 Å². The zero-order valence-corrected chi connectivity index (χ0v) is 39.1. The van der Waals surface area contributed by atoms with Gasteiger partial charge in [-0.25, -0.2) is 0 Å². The first-order valence-electron chi connectivity index (χ1n) is 22.4. The van der Waals surface area contributed by atoms with Crippen molar-refractivity contribution in [1.82, 2.24) is 0 Å². The highest BCUT2D eigenvalue weighted by Gasteiger charge is 2.44. The summed E-state index contributed by atoms with van der Waals surface area (Å²) in [5, 5.41) is 7.45. The molecule has 0 amide bonds. The van der Waals surface area contributed by atoms with Crippen LogP contribution in [0.15, 0.2) is 97.1 Å². The van der Waals surface area contributed by atoms with E-state index in [-0.39, 0.29) is 10.8 Å². The van der Waals surface area contributed by atoms with Crippen LogP contribution >= 0.6 is 15.8 Å². The quantitative estimate of drug-likeness (QED) is 0.156. The van der Waals surface area contributed by atoms with E-state index in [1.807, 2.05) is 0 Å². The molecule has 0 aliphatic carbocycles. The zero-order chi connectivity index (χ0) is 42.7. The van der Waals surface area contributed by atoms with E-state index >= 15 is 0 Å². The number of para-hydroxylation sites is 3.